The molecule has 0 radical (unpaired) electrons. The first-order chi connectivity index (χ1) is 5.06. The van der Waals surface area contributed by atoms with E-state index in [1.807, 2.05) is 20.8 Å². The molecule has 0 aromatic heterocycles. The molecule has 2 N–H and O–H groups in total. The normalized spacial score (nSPS) is 12.4. The molecule has 1 unspecified atom stereocenters. The first-order valence-corrected chi connectivity index (χ1v) is 3.76. The molecule has 11 heavy (non-hydrogen) atoms. The molecule has 3 heteroatoms. The molecule has 0 aromatic carbocycles. The summed E-state index contributed by atoms with van der Waals surface area (Å²) in [6.45, 7) is 9.25. The van der Waals surface area contributed by atoms with Gasteiger partial charge in [-0.25, -0.2) is 4.79 Å². The van der Waals surface area contributed by atoms with Crippen molar-refractivity contribution in [1.29, 1.82) is 0 Å². The number of amides is 2. The molecule has 2 amide bonds. The lowest BCUT2D eigenvalue weighted by atomic mass is 10.3. The van der Waals surface area contributed by atoms with Gasteiger partial charge >= 0.3 is 6.03 Å². The lowest BCUT2D eigenvalue weighted by Gasteiger charge is -2.12. The molecule has 0 rings (SSSR count). The molecule has 0 saturated heterocycles. The summed E-state index contributed by atoms with van der Waals surface area (Å²) in [7, 11) is 0. The van der Waals surface area contributed by atoms with Crippen molar-refractivity contribution in [2.75, 3.05) is 0 Å². The Bertz CT molecular complexity index is 143. The van der Waals surface area contributed by atoms with Crippen molar-refractivity contribution in [3.63, 3.8) is 0 Å². The van der Waals surface area contributed by atoms with Crippen molar-refractivity contribution in [1.82, 2.24) is 10.6 Å². The summed E-state index contributed by atoms with van der Waals surface area (Å²) < 4.78 is 0. The van der Waals surface area contributed by atoms with E-state index in [0.29, 0.717) is 0 Å². The smallest absolute Gasteiger partial charge is 0.315 e. The van der Waals surface area contributed by atoms with Crippen LogP contribution in [-0.4, -0.2) is 18.1 Å². The maximum atomic E-state index is 11.0. The Morgan fingerprint density at radius 3 is 2.27 bits per heavy atom. The van der Waals surface area contributed by atoms with E-state index in [4.69, 9.17) is 0 Å². The van der Waals surface area contributed by atoms with E-state index in [0.717, 1.165) is 0 Å². The van der Waals surface area contributed by atoms with Crippen LogP contribution in [0.25, 0.3) is 0 Å². The van der Waals surface area contributed by atoms with Crippen molar-refractivity contribution in [2.45, 2.75) is 32.9 Å². The third-order valence-electron chi connectivity index (χ3n) is 1.13. The highest BCUT2D eigenvalue weighted by Gasteiger charge is 2.03. The molecule has 0 saturated carbocycles. The van der Waals surface area contributed by atoms with Crippen LogP contribution < -0.4 is 10.6 Å². The molecule has 0 aliphatic heterocycles. The maximum absolute atomic E-state index is 11.0. The molecule has 0 bridgehead atoms. The molecule has 64 valence electrons. The van der Waals surface area contributed by atoms with Gasteiger partial charge in [0.05, 0.1) is 0 Å². The van der Waals surface area contributed by atoms with Crippen LogP contribution >= 0.6 is 0 Å². The van der Waals surface area contributed by atoms with E-state index in [1.54, 1.807) is 6.08 Å². The first-order valence-electron chi connectivity index (χ1n) is 3.76. The van der Waals surface area contributed by atoms with Gasteiger partial charge in [0, 0.05) is 12.1 Å². The zero-order valence-electron chi connectivity index (χ0n) is 7.35. The number of urea groups is 1. The van der Waals surface area contributed by atoms with Crippen LogP contribution in [0.5, 0.6) is 0 Å². The van der Waals surface area contributed by atoms with Gasteiger partial charge in [-0.15, -0.1) is 6.58 Å². The molecule has 0 aromatic rings. The third kappa shape index (κ3) is 5.45. The van der Waals surface area contributed by atoms with Gasteiger partial charge in [-0.1, -0.05) is 6.08 Å². The van der Waals surface area contributed by atoms with Crippen molar-refractivity contribution in [3.8, 4) is 0 Å². The molecule has 0 aliphatic carbocycles. The molecule has 0 spiro atoms. The Balaban J connectivity index is 3.60. The van der Waals surface area contributed by atoms with Crippen LogP contribution in [0.15, 0.2) is 12.7 Å². The van der Waals surface area contributed by atoms with Crippen LogP contribution in [0.1, 0.15) is 20.8 Å². The second-order valence-corrected chi connectivity index (χ2v) is 2.80. The fourth-order valence-corrected chi connectivity index (χ4v) is 0.570. The van der Waals surface area contributed by atoms with Gasteiger partial charge in [0.15, 0.2) is 0 Å². The molecule has 0 fully saturated rings. The van der Waals surface area contributed by atoms with Crippen LogP contribution in [0.3, 0.4) is 0 Å². The van der Waals surface area contributed by atoms with Gasteiger partial charge in [-0.05, 0) is 20.8 Å². The lowest BCUT2D eigenvalue weighted by Crippen LogP contribution is -2.42. The van der Waals surface area contributed by atoms with Crippen molar-refractivity contribution >= 4 is 6.03 Å². The second kappa shape index (κ2) is 4.77. The highest BCUT2D eigenvalue weighted by Crippen LogP contribution is 1.82. The molecular weight excluding hydrogens is 140 g/mol. The zero-order valence-corrected chi connectivity index (χ0v) is 7.35. The number of hydrogen-bond donors (Lipinski definition) is 2. The monoisotopic (exact) mass is 156 g/mol. The molecule has 0 heterocycles. The predicted molar refractivity (Wildman–Crippen MR) is 46.5 cm³/mol. The van der Waals surface area contributed by atoms with Gasteiger partial charge in [-0.3, -0.25) is 0 Å². The predicted octanol–water partition coefficient (Wildman–Crippen LogP) is 1.27. The number of nitrogens with one attached hydrogen (secondary N) is 2. The highest BCUT2D eigenvalue weighted by molar-refractivity contribution is 5.74. The maximum Gasteiger partial charge on any atom is 0.315 e. The van der Waals surface area contributed by atoms with Crippen LogP contribution in [0, 0.1) is 0 Å². The topological polar surface area (TPSA) is 41.1 Å². The zero-order chi connectivity index (χ0) is 8.85. The molecular formula is C8H16N2O. The minimum atomic E-state index is -0.146. The van der Waals surface area contributed by atoms with Gasteiger partial charge in [0.1, 0.15) is 0 Å². The summed E-state index contributed by atoms with van der Waals surface area (Å²) in [5.41, 5.74) is 0. The quantitative estimate of drug-likeness (QED) is 0.593. The van der Waals surface area contributed by atoms with Crippen LogP contribution in [0.4, 0.5) is 4.79 Å². The fraction of sp³-hybridized carbons (Fsp3) is 0.625. The largest absolute Gasteiger partial charge is 0.336 e. The van der Waals surface area contributed by atoms with E-state index in [-0.39, 0.29) is 18.1 Å². The minimum Gasteiger partial charge on any atom is -0.336 e. The summed E-state index contributed by atoms with van der Waals surface area (Å²) in [5, 5.41) is 5.40. The second-order valence-electron chi connectivity index (χ2n) is 2.80. The summed E-state index contributed by atoms with van der Waals surface area (Å²) in [6, 6.07) is 0.0492. The van der Waals surface area contributed by atoms with E-state index >= 15 is 0 Å². The van der Waals surface area contributed by atoms with E-state index in [1.165, 1.54) is 0 Å². The Morgan fingerprint density at radius 1 is 1.36 bits per heavy atom. The Labute approximate surface area is 67.9 Å². The molecule has 3 nitrogen and oxygen atoms in total. The number of hydrogen-bond acceptors (Lipinski definition) is 1. The van der Waals surface area contributed by atoms with E-state index in [2.05, 4.69) is 17.2 Å². The van der Waals surface area contributed by atoms with Gasteiger partial charge in [0.25, 0.3) is 0 Å². The molecule has 1 atom stereocenters. The average Bonchev–Trinajstić information content (AvgIpc) is 1.85. The fourth-order valence-electron chi connectivity index (χ4n) is 0.570. The van der Waals surface area contributed by atoms with Gasteiger partial charge in [-0.2, -0.15) is 0 Å². The van der Waals surface area contributed by atoms with Crippen LogP contribution in [0.2, 0.25) is 0 Å². The number of rotatable bonds is 3. The van der Waals surface area contributed by atoms with Crippen molar-refractivity contribution in [3.05, 3.63) is 12.7 Å². The SMILES string of the molecule is C=CC(C)NC(=O)NC(C)C. The van der Waals surface area contributed by atoms with Crippen molar-refractivity contribution < 1.29 is 4.79 Å². The summed E-state index contributed by atoms with van der Waals surface area (Å²) in [6.07, 6.45) is 1.68. The summed E-state index contributed by atoms with van der Waals surface area (Å²) in [4.78, 5) is 11.0. The Morgan fingerprint density at radius 2 is 1.91 bits per heavy atom. The third-order valence-corrected chi connectivity index (χ3v) is 1.13. The number of carbonyl (C=O) groups is 1. The van der Waals surface area contributed by atoms with Crippen molar-refractivity contribution in [2.24, 2.45) is 0 Å². The lowest BCUT2D eigenvalue weighted by molar-refractivity contribution is 0.237. The summed E-state index contributed by atoms with van der Waals surface area (Å²) >= 11 is 0. The van der Waals surface area contributed by atoms with Gasteiger partial charge in [0.2, 0.25) is 0 Å². The standard InChI is InChI=1S/C8H16N2O/c1-5-7(4)10-8(11)9-6(2)3/h5-7H,1H2,2-4H3,(H2,9,10,11). The highest BCUT2D eigenvalue weighted by atomic mass is 16.2. The average molecular weight is 156 g/mol. The molecule has 0 aliphatic rings. The van der Waals surface area contributed by atoms with E-state index < -0.39 is 0 Å². The minimum absolute atomic E-state index is 0.0220. The Hall–Kier alpha value is -0.990. The van der Waals surface area contributed by atoms with Crippen LogP contribution in [-0.2, 0) is 0 Å². The van der Waals surface area contributed by atoms with Gasteiger partial charge < -0.3 is 10.6 Å². The first kappa shape index (κ1) is 10.0. The van der Waals surface area contributed by atoms with E-state index in [9.17, 15) is 4.79 Å². The Kier molecular flexibility index (Phi) is 4.34. The summed E-state index contributed by atoms with van der Waals surface area (Å²) in [5.74, 6) is 0. The number of carbonyl (C=O) groups excluding carboxylic acids is 1.